The number of nitrogens with zero attached hydrogens (tertiary/aromatic N) is 1. The Hall–Kier alpha value is -2.07. The van der Waals surface area contributed by atoms with Crippen LogP contribution in [0.3, 0.4) is 0 Å². The molecule has 0 aliphatic rings. The third-order valence-electron chi connectivity index (χ3n) is 2.76. The summed E-state index contributed by atoms with van der Waals surface area (Å²) in [4.78, 5) is 10.4. The number of alkyl halides is 1. The number of benzene rings is 2. The Kier molecular flexibility index (Phi) is 4.02. The van der Waals surface area contributed by atoms with Crippen molar-refractivity contribution in [3.8, 4) is 11.5 Å². The Morgan fingerprint density at radius 1 is 1.21 bits per heavy atom. The number of hydrogen-bond acceptors (Lipinski definition) is 3. The van der Waals surface area contributed by atoms with Crippen molar-refractivity contribution in [2.45, 2.75) is 12.8 Å². The van der Waals surface area contributed by atoms with Crippen LogP contribution in [-0.4, -0.2) is 4.92 Å². The quantitative estimate of drug-likeness (QED) is 0.472. The van der Waals surface area contributed by atoms with Crippen molar-refractivity contribution in [3.05, 3.63) is 63.7 Å². The maximum Gasteiger partial charge on any atom is 0.276 e. The van der Waals surface area contributed by atoms with E-state index in [4.69, 9.17) is 16.3 Å². The van der Waals surface area contributed by atoms with Crippen LogP contribution in [0.1, 0.15) is 11.1 Å². The minimum atomic E-state index is -0.418. The van der Waals surface area contributed by atoms with E-state index in [1.54, 1.807) is 31.2 Å². The van der Waals surface area contributed by atoms with Crippen LogP contribution >= 0.6 is 11.6 Å². The van der Waals surface area contributed by atoms with Crippen molar-refractivity contribution in [1.82, 2.24) is 0 Å². The van der Waals surface area contributed by atoms with Gasteiger partial charge < -0.3 is 4.74 Å². The van der Waals surface area contributed by atoms with Gasteiger partial charge in [-0.05, 0) is 30.7 Å². The summed E-state index contributed by atoms with van der Waals surface area (Å²) in [5, 5.41) is 10.8. The molecule has 0 aliphatic carbocycles. The Morgan fingerprint density at radius 3 is 2.47 bits per heavy atom. The highest BCUT2D eigenvalue weighted by atomic mass is 35.5. The summed E-state index contributed by atoms with van der Waals surface area (Å²) in [5.41, 5.74) is 1.55. The largest absolute Gasteiger partial charge is 0.457 e. The Balaban J connectivity index is 2.27. The highest BCUT2D eigenvalue weighted by molar-refractivity contribution is 6.17. The standard InChI is InChI=1S/C14H12ClNO3/c1-10-13(16(17)18)3-2-4-14(10)19-12-7-5-11(9-15)6-8-12/h2-8H,9H2,1H3. The number of rotatable bonds is 4. The Bertz CT molecular complexity index is 596. The molecule has 0 atom stereocenters. The molecule has 5 heteroatoms. The summed E-state index contributed by atoms with van der Waals surface area (Å²) in [6.07, 6.45) is 0. The molecule has 0 saturated carbocycles. The molecule has 0 heterocycles. The summed E-state index contributed by atoms with van der Waals surface area (Å²) in [6, 6.07) is 12.1. The van der Waals surface area contributed by atoms with Crippen LogP contribution in [0.2, 0.25) is 0 Å². The monoisotopic (exact) mass is 277 g/mol. The summed E-state index contributed by atoms with van der Waals surface area (Å²) >= 11 is 5.70. The van der Waals surface area contributed by atoms with Crippen LogP contribution in [0.5, 0.6) is 11.5 Å². The van der Waals surface area contributed by atoms with Gasteiger partial charge in [0.25, 0.3) is 5.69 Å². The highest BCUT2D eigenvalue weighted by Crippen LogP contribution is 2.30. The Morgan fingerprint density at radius 2 is 1.89 bits per heavy atom. The lowest BCUT2D eigenvalue weighted by atomic mass is 10.2. The first-order valence-corrected chi connectivity index (χ1v) is 6.22. The second-order valence-electron chi connectivity index (χ2n) is 4.04. The lowest BCUT2D eigenvalue weighted by Gasteiger charge is -2.09. The van der Waals surface area contributed by atoms with E-state index >= 15 is 0 Å². The van der Waals surface area contributed by atoms with Crippen molar-refractivity contribution in [3.63, 3.8) is 0 Å². The second kappa shape index (κ2) is 5.71. The predicted octanol–water partition coefficient (Wildman–Crippen LogP) is 4.43. The maximum absolute atomic E-state index is 10.8. The van der Waals surface area contributed by atoms with E-state index in [-0.39, 0.29) is 5.69 Å². The van der Waals surface area contributed by atoms with E-state index in [0.717, 1.165) is 5.56 Å². The van der Waals surface area contributed by atoms with Gasteiger partial charge >= 0.3 is 0 Å². The van der Waals surface area contributed by atoms with Crippen molar-refractivity contribution in [2.75, 3.05) is 0 Å². The van der Waals surface area contributed by atoms with Gasteiger partial charge in [-0.1, -0.05) is 18.2 Å². The molecule has 2 rings (SSSR count). The molecule has 98 valence electrons. The number of hydrogen-bond donors (Lipinski definition) is 0. The molecule has 0 N–H and O–H groups in total. The predicted molar refractivity (Wildman–Crippen MR) is 73.9 cm³/mol. The molecule has 0 fully saturated rings. The molecule has 0 aromatic heterocycles. The molecule has 0 amide bonds. The summed E-state index contributed by atoms with van der Waals surface area (Å²) in [7, 11) is 0. The van der Waals surface area contributed by atoms with Crippen LogP contribution in [0, 0.1) is 17.0 Å². The average molecular weight is 278 g/mol. The molecule has 0 spiro atoms. The highest BCUT2D eigenvalue weighted by Gasteiger charge is 2.14. The van der Waals surface area contributed by atoms with Gasteiger partial charge in [0.1, 0.15) is 11.5 Å². The number of nitro groups is 1. The van der Waals surface area contributed by atoms with Crippen LogP contribution in [-0.2, 0) is 5.88 Å². The molecular weight excluding hydrogens is 266 g/mol. The van der Waals surface area contributed by atoms with Crippen molar-refractivity contribution < 1.29 is 9.66 Å². The maximum atomic E-state index is 10.8. The molecule has 0 bridgehead atoms. The van der Waals surface area contributed by atoms with E-state index in [0.29, 0.717) is 22.9 Å². The fourth-order valence-electron chi connectivity index (χ4n) is 1.68. The molecule has 19 heavy (non-hydrogen) atoms. The van der Waals surface area contributed by atoms with Gasteiger partial charge in [-0.2, -0.15) is 0 Å². The SMILES string of the molecule is Cc1c(Oc2ccc(CCl)cc2)cccc1[N+](=O)[O-]. The van der Waals surface area contributed by atoms with Gasteiger partial charge in [0.2, 0.25) is 0 Å². The van der Waals surface area contributed by atoms with Crippen molar-refractivity contribution >= 4 is 17.3 Å². The van der Waals surface area contributed by atoms with Crippen molar-refractivity contribution in [2.24, 2.45) is 0 Å². The van der Waals surface area contributed by atoms with Gasteiger partial charge in [-0.3, -0.25) is 10.1 Å². The first kappa shape index (κ1) is 13.4. The lowest BCUT2D eigenvalue weighted by Crippen LogP contribution is -1.94. The normalized spacial score (nSPS) is 10.2. The van der Waals surface area contributed by atoms with E-state index in [2.05, 4.69) is 0 Å². The zero-order valence-electron chi connectivity index (χ0n) is 10.3. The van der Waals surface area contributed by atoms with E-state index in [1.807, 2.05) is 12.1 Å². The first-order valence-electron chi connectivity index (χ1n) is 5.68. The molecule has 0 saturated heterocycles. The molecule has 0 unspecified atom stereocenters. The fourth-order valence-corrected chi connectivity index (χ4v) is 1.86. The molecule has 0 radical (unpaired) electrons. The smallest absolute Gasteiger partial charge is 0.276 e. The molecule has 2 aromatic rings. The molecular formula is C14H12ClNO3. The van der Waals surface area contributed by atoms with Gasteiger partial charge in [-0.15, -0.1) is 11.6 Å². The summed E-state index contributed by atoms with van der Waals surface area (Å²) in [5.74, 6) is 1.54. The van der Waals surface area contributed by atoms with Gasteiger partial charge in [0.15, 0.2) is 0 Å². The second-order valence-corrected chi connectivity index (χ2v) is 4.30. The van der Waals surface area contributed by atoms with Crippen LogP contribution < -0.4 is 4.74 Å². The third kappa shape index (κ3) is 3.03. The van der Waals surface area contributed by atoms with E-state index < -0.39 is 4.92 Å². The minimum Gasteiger partial charge on any atom is -0.457 e. The van der Waals surface area contributed by atoms with Crippen LogP contribution in [0.15, 0.2) is 42.5 Å². The zero-order chi connectivity index (χ0) is 13.8. The average Bonchev–Trinajstić information content (AvgIpc) is 2.41. The van der Waals surface area contributed by atoms with Gasteiger partial charge in [0, 0.05) is 11.9 Å². The minimum absolute atomic E-state index is 0.0508. The topological polar surface area (TPSA) is 52.4 Å². The van der Waals surface area contributed by atoms with Crippen LogP contribution in [0.25, 0.3) is 0 Å². The fraction of sp³-hybridized carbons (Fsp3) is 0.143. The molecule has 0 aliphatic heterocycles. The number of ether oxygens (including phenoxy) is 1. The van der Waals surface area contributed by atoms with E-state index in [1.165, 1.54) is 6.07 Å². The van der Waals surface area contributed by atoms with E-state index in [9.17, 15) is 10.1 Å². The summed E-state index contributed by atoms with van der Waals surface area (Å²) in [6.45, 7) is 1.67. The molecule has 2 aromatic carbocycles. The number of nitro benzene ring substituents is 1. The van der Waals surface area contributed by atoms with Gasteiger partial charge in [0.05, 0.1) is 10.5 Å². The Labute approximate surface area is 115 Å². The number of halogens is 1. The third-order valence-corrected chi connectivity index (χ3v) is 3.07. The lowest BCUT2D eigenvalue weighted by molar-refractivity contribution is -0.385. The van der Waals surface area contributed by atoms with Crippen molar-refractivity contribution in [1.29, 1.82) is 0 Å². The van der Waals surface area contributed by atoms with Gasteiger partial charge in [-0.25, -0.2) is 0 Å². The summed E-state index contributed by atoms with van der Waals surface area (Å²) < 4.78 is 5.65. The van der Waals surface area contributed by atoms with Crippen LogP contribution in [0.4, 0.5) is 5.69 Å². The first-order chi connectivity index (χ1) is 9.11. The zero-order valence-corrected chi connectivity index (χ0v) is 11.1. The molecule has 4 nitrogen and oxygen atoms in total.